The van der Waals surface area contributed by atoms with Gasteiger partial charge in [-0.05, 0) is 27.7 Å². The first kappa shape index (κ1) is 20.4. The summed E-state index contributed by atoms with van der Waals surface area (Å²) in [6.45, 7) is 8.10. The molecular weight excluding hydrogens is 364 g/mol. The smallest absolute Gasteiger partial charge is 0.370 e. The van der Waals surface area contributed by atoms with Gasteiger partial charge in [-0.15, -0.1) is 0 Å². The first-order chi connectivity index (χ1) is 12.4. The molecule has 0 aromatic carbocycles. The number of ether oxygens (including phenoxy) is 7. The standard InChI is InChI=1S/C17H26O10/c1-8(18)23-13-12-11(25-16(4,5)26-12)10(9-7-22-15(2,3)24-9)27-17(13,20)14(19)21-6/h9-13,20H,7H2,1-6H3/t9-,10-,11+,12+,13-,17-/m1/s1. The zero-order valence-electron chi connectivity index (χ0n) is 16.2. The van der Waals surface area contributed by atoms with Crippen LogP contribution in [-0.2, 0) is 42.7 Å². The molecule has 0 amide bonds. The van der Waals surface area contributed by atoms with Crippen LogP contribution in [0, 0.1) is 0 Å². The van der Waals surface area contributed by atoms with Gasteiger partial charge in [-0.3, -0.25) is 4.79 Å². The lowest BCUT2D eigenvalue weighted by Gasteiger charge is -2.45. The minimum atomic E-state index is -2.59. The molecule has 3 rings (SSSR count). The van der Waals surface area contributed by atoms with E-state index in [0.29, 0.717) is 0 Å². The van der Waals surface area contributed by atoms with E-state index in [1.807, 2.05) is 0 Å². The minimum absolute atomic E-state index is 0.153. The van der Waals surface area contributed by atoms with E-state index in [2.05, 4.69) is 4.74 Å². The van der Waals surface area contributed by atoms with Gasteiger partial charge in [-0.2, -0.15) is 0 Å². The summed E-state index contributed by atoms with van der Waals surface area (Å²) in [7, 11) is 1.09. The molecule has 0 radical (unpaired) electrons. The van der Waals surface area contributed by atoms with E-state index in [4.69, 9.17) is 28.4 Å². The molecule has 0 aromatic rings. The number of methoxy groups -OCH3 is 1. The quantitative estimate of drug-likeness (QED) is 0.652. The van der Waals surface area contributed by atoms with Crippen molar-refractivity contribution < 1.29 is 47.9 Å². The molecule has 154 valence electrons. The summed E-state index contributed by atoms with van der Waals surface area (Å²) in [5.41, 5.74) is 0. The Morgan fingerprint density at radius 1 is 0.963 bits per heavy atom. The van der Waals surface area contributed by atoms with E-state index in [1.54, 1.807) is 27.7 Å². The number of carbonyl (C=O) groups is 2. The van der Waals surface area contributed by atoms with Crippen molar-refractivity contribution in [2.45, 2.75) is 82.5 Å². The van der Waals surface area contributed by atoms with Gasteiger partial charge in [0.2, 0.25) is 0 Å². The third kappa shape index (κ3) is 3.69. The van der Waals surface area contributed by atoms with Crippen molar-refractivity contribution in [1.82, 2.24) is 0 Å². The lowest BCUT2D eigenvalue weighted by atomic mass is 9.90. The molecule has 3 saturated heterocycles. The molecule has 0 aliphatic carbocycles. The molecule has 3 aliphatic rings. The van der Waals surface area contributed by atoms with Crippen LogP contribution >= 0.6 is 0 Å². The normalized spacial score (nSPS) is 42.4. The fourth-order valence-electron chi connectivity index (χ4n) is 3.67. The van der Waals surface area contributed by atoms with E-state index in [9.17, 15) is 14.7 Å². The second kappa shape index (κ2) is 6.64. The summed E-state index contributed by atoms with van der Waals surface area (Å²) in [5, 5.41) is 11.0. The molecule has 0 bridgehead atoms. The molecule has 0 unspecified atom stereocenters. The average molecular weight is 390 g/mol. The highest BCUT2D eigenvalue weighted by Gasteiger charge is 2.67. The maximum atomic E-state index is 12.4. The summed E-state index contributed by atoms with van der Waals surface area (Å²) in [4.78, 5) is 24.0. The SMILES string of the molecule is COC(=O)[C@]1(O)O[C@H]([C@H]2COC(C)(C)O2)[C@@H]2OC(C)(C)O[C@@H]2[C@H]1OC(C)=O. The molecule has 0 aromatic heterocycles. The molecule has 10 heteroatoms. The number of esters is 2. The van der Waals surface area contributed by atoms with Crippen LogP contribution in [0.5, 0.6) is 0 Å². The highest BCUT2D eigenvalue weighted by molar-refractivity contribution is 5.79. The van der Waals surface area contributed by atoms with E-state index in [1.165, 1.54) is 0 Å². The Labute approximate surface area is 156 Å². The lowest BCUT2D eigenvalue weighted by Crippen LogP contribution is -2.70. The molecule has 0 spiro atoms. The number of hydrogen-bond acceptors (Lipinski definition) is 10. The van der Waals surface area contributed by atoms with Crippen molar-refractivity contribution in [3.8, 4) is 0 Å². The van der Waals surface area contributed by atoms with Crippen molar-refractivity contribution in [3.05, 3.63) is 0 Å². The van der Waals surface area contributed by atoms with Gasteiger partial charge in [0.05, 0.1) is 13.7 Å². The van der Waals surface area contributed by atoms with Crippen LogP contribution in [0.1, 0.15) is 34.6 Å². The molecular formula is C17H26O10. The fourth-order valence-corrected chi connectivity index (χ4v) is 3.67. The van der Waals surface area contributed by atoms with Crippen LogP contribution in [-0.4, -0.2) is 78.6 Å². The molecule has 0 saturated carbocycles. The number of carbonyl (C=O) groups excluding carboxylic acids is 2. The zero-order chi connectivity index (χ0) is 20.2. The first-order valence-electron chi connectivity index (χ1n) is 8.72. The topological polar surface area (TPSA) is 119 Å². The molecule has 3 heterocycles. The van der Waals surface area contributed by atoms with Crippen LogP contribution in [0.2, 0.25) is 0 Å². The predicted molar refractivity (Wildman–Crippen MR) is 86.1 cm³/mol. The molecule has 10 nitrogen and oxygen atoms in total. The Morgan fingerprint density at radius 3 is 2.11 bits per heavy atom. The van der Waals surface area contributed by atoms with Crippen molar-refractivity contribution >= 4 is 11.9 Å². The van der Waals surface area contributed by atoms with E-state index in [-0.39, 0.29) is 6.61 Å². The summed E-state index contributed by atoms with van der Waals surface area (Å²) in [6.07, 6.45) is -4.84. The van der Waals surface area contributed by atoms with Gasteiger partial charge in [0.1, 0.15) is 24.4 Å². The molecule has 3 fully saturated rings. The highest BCUT2D eigenvalue weighted by atomic mass is 16.8. The fraction of sp³-hybridized carbons (Fsp3) is 0.882. The Hall–Kier alpha value is -1.30. The summed E-state index contributed by atoms with van der Waals surface area (Å²) < 4.78 is 38.8. The van der Waals surface area contributed by atoms with Gasteiger partial charge in [0, 0.05) is 6.92 Å². The van der Waals surface area contributed by atoms with E-state index < -0.39 is 59.8 Å². The first-order valence-corrected chi connectivity index (χ1v) is 8.72. The van der Waals surface area contributed by atoms with Gasteiger partial charge in [0.25, 0.3) is 0 Å². The predicted octanol–water partition coefficient (Wildman–Crippen LogP) is -0.150. The number of aliphatic hydroxyl groups is 1. The molecule has 1 N–H and O–H groups in total. The van der Waals surface area contributed by atoms with Crippen LogP contribution in [0.4, 0.5) is 0 Å². The average Bonchev–Trinajstić information content (AvgIpc) is 3.07. The highest BCUT2D eigenvalue weighted by Crippen LogP contribution is 2.44. The lowest BCUT2D eigenvalue weighted by molar-refractivity contribution is -0.335. The molecule has 3 aliphatic heterocycles. The van der Waals surface area contributed by atoms with Gasteiger partial charge in [0.15, 0.2) is 17.7 Å². The van der Waals surface area contributed by atoms with E-state index in [0.717, 1.165) is 14.0 Å². The number of rotatable bonds is 3. The van der Waals surface area contributed by atoms with Crippen molar-refractivity contribution in [2.75, 3.05) is 13.7 Å². The molecule has 6 atom stereocenters. The monoisotopic (exact) mass is 390 g/mol. The maximum Gasteiger partial charge on any atom is 0.370 e. The third-order valence-electron chi connectivity index (χ3n) is 4.65. The number of hydrogen-bond donors (Lipinski definition) is 1. The van der Waals surface area contributed by atoms with Gasteiger partial charge >= 0.3 is 17.7 Å². The Morgan fingerprint density at radius 2 is 1.59 bits per heavy atom. The Kier molecular flexibility index (Phi) is 5.03. The van der Waals surface area contributed by atoms with Crippen molar-refractivity contribution in [3.63, 3.8) is 0 Å². The van der Waals surface area contributed by atoms with Gasteiger partial charge in [-0.25, -0.2) is 4.79 Å². The van der Waals surface area contributed by atoms with Crippen LogP contribution in [0.3, 0.4) is 0 Å². The molecule has 27 heavy (non-hydrogen) atoms. The second-order valence-corrected chi connectivity index (χ2v) is 7.73. The Balaban J connectivity index is 1.99. The van der Waals surface area contributed by atoms with Crippen molar-refractivity contribution in [1.29, 1.82) is 0 Å². The van der Waals surface area contributed by atoms with Gasteiger partial charge in [-0.1, -0.05) is 0 Å². The largest absolute Gasteiger partial charge is 0.465 e. The zero-order valence-corrected chi connectivity index (χ0v) is 16.2. The maximum absolute atomic E-state index is 12.4. The number of fused-ring (bicyclic) bond motifs is 1. The summed E-state index contributed by atoms with van der Waals surface area (Å²) in [5.74, 6) is -6.37. The van der Waals surface area contributed by atoms with Crippen LogP contribution in [0.15, 0.2) is 0 Å². The third-order valence-corrected chi connectivity index (χ3v) is 4.65. The van der Waals surface area contributed by atoms with E-state index >= 15 is 0 Å². The van der Waals surface area contributed by atoms with Crippen LogP contribution < -0.4 is 0 Å². The summed E-state index contributed by atoms with van der Waals surface area (Å²) in [6, 6.07) is 0. The van der Waals surface area contributed by atoms with Gasteiger partial charge < -0.3 is 38.3 Å². The minimum Gasteiger partial charge on any atom is -0.465 e. The summed E-state index contributed by atoms with van der Waals surface area (Å²) >= 11 is 0. The van der Waals surface area contributed by atoms with Crippen molar-refractivity contribution in [2.24, 2.45) is 0 Å². The Bertz CT molecular complexity index is 617. The second-order valence-electron chi connectivity index (χ2n) is 7.73. The van der Waals surface area contributed by atoms with Crippen LogP contribution in [0.25, 0.3) is 0 Å².